The van der Waals surface area contributed by atoms with Crippen LogP contribution in [0.15, 0.2) is 35.3 Å². The van der Waals surface area contributed by atoms with Gasteiger partial charge in [0.2, 0.25) is 5.95 Å². The number of aryl methyl sites for hydroxylation is 1. The first-order valence-corrected chi connectivity index (χ1v) is 11.5. The number of hydrogen-bond acceptors (Lipinski definition) is 8. The summed E-state index contributed by atoms with van der Waals surface area (Å²) >= 11 is 6.36. The molecule has 1 aliphatic rings. The maximum atomic E-state index is 13.3. The second-order valence-electron chi connectivity index (χ2n) is 8.42. The number of fused-ring (bicyclic) bond motifs is 1. The highest BCUT2D eigenvalue weighted by Gasteiger charge is 2.26. The van der Waals surface area contributed by atoms with Crippen molar-refractivity contribution in [2.45, 2.75) is 19.0 Å². The lowest BCUT2D eigenvalue weighted by atomic mass is 10.1. The summed E-state index contributed by atoms with van der Waals surface area (Å²) in [7, 11) is 3.13. The van der Waals surface area contributed by atoms with E-state index in [2.05, 4.69) is 25.9 Å². The monoisotopic (exact) mass is 503 g/mol. The number of pyridine rings is 1. The van der Waals surface area contributed by atoms with Gasteiger partial charge in [-0.05, 0) is 31.2 Å². The minimum atomic E-state index is -0.478. The van der Waals surface area contributed by atoms with Crippen LogP contribution < -0.4 is 31.1 Å². The number of carbonyl (C=O) groups excluding carboxylic acids is 1. The molecule has 10 nitrogen and oxygen atoms in total. The van der Waals surface area contributed by atoms with Gasteiger partial charge in [-0.2, -0.15) is 4.98 Å². The molecule has 1 amide bonds. The fourth-order valence-corrected chi connectivity index (χ4v) is 4.16. The van der Waals surface area contributed by atoms with Crippen LogP contribution in [0.3, 0.4) is 0 Å². The summed E-state index contributed by atoms with van der Waals surface area (Å²) in [5, 5.41) is 9.91. The zero-order chi connectivity index (χ0) is 25.1. The molecule has 0 saturated carbocycles. The zero-order valence-electron chi connectivity index (χ0n) is 19.6. The van der Waals surface area contributed by atoms with Crippen LogP contribution in [0.25, 0.3) is 10.9 Å². The Morgan fingerprint density at radius 3 is 2.89 bits per heavy atom. The maximum Gasteiger partial charge on any atom is 0.293 e. The van der Waals surface area contributed by atoms with E-state index in [1.165, 1.54) is 17.8 Å². The van der Waals surface area contributed by atoms with Gasteiger partial charge in [0.1, 0.15) is 11.7 Å². The van der Waals surface area contributed by atoms with Gasteiger partial charge in [-0.1, -0.05) is 11.6 Å². The molecule has 186 valence electrons. The molecule has 1 saturated heterocycles. The molecule has 0 bridgehead atoms. The average Bonchev–Trinajstić information content (AvgIpc) is 2.85. The number of benzene rings is 1. The Hall–Kier alpha value is -3.44. The minimum absolute atomic E-state index is 0.0679. The van der Waals surface area contributed by atoms with Crippen LogP contribution in [0.5, 0.6) is 5.75 Å². The van der Waals surface area contributed by atoms with E-state index in [4.69, 9.17) is 16.3 Å². The molecule has 2 aromatic heterocycles. The third-order valence-corrected chi connectivity index (χ3v) is 6.02. The summed E-state index contributed by atoms with van der Waals surface area (Å²) < 4.78 is 20.2. The number of alkyl halides is 1. The van der Waals surface area contributed by atoms with Crippen molar-refractivity contribution in [3.8, 4) is 5.75 Å². The van der Waals surface area contributed by atoms with Gasteiger partial charge in [0.15, 0.2) is 18.2 Å². The van der Waals surface area contributed by atoms with E-state index in [1.807, 2.05) is 17.9 Å². The molecule has 1 aromatic carbocycles. The first-order chi connectivity index (χ1) is 16.8. The normalized spacial score (nSPS) is 17.9. The predicted octanol–water partition coefficient (Wildman–Crippen LogP) is 1.99. The average molecular weight is 504 g/mol. The second kappa shape index (κ2) is 10.4. The molecular weight excluding hydrogens is 477 g/mol. The largest absolute Gasteiger partial charge is 0.478 e. The van der Waals surface area contributed by atoms with Crippen molar-refractivity contribution in [3.63, 3.8) is 0 Å². The molecule has 0 spiro atoms. The molecule has 0 radical (unpaired) electrons. The number of amides is 1. The highest BCUT2D eigenvalue weighted by molar-refractivity contribution is 6.32. The van der Waals surface area contributed by atoms with Crippen LogP contribution in [0, 0.1) is 0 Å². The molecule has 4 rings (SSSR count). The van der Waals surface area contributed by atoms with Crippen LogP contribution in [-0.4, -0.2) is 65.9 Å². The highest BCUT2D eigenvalue weighted by Crippen LogP contribution is 2.28. The van der Waals surface area contributed by atoms with Crippen molar-refractivity contribution in [1.29, 1.82) is 0 Å². The van der Waals surface area contributed by atoms with Gasteiger partial charge in [-0.25, -0.2) is 9.37 Å². The lowest BCUT2D eigenvalue weighted by molar-refractivity contribution is -0.122. The van der Waals surface area contributed by atoms with E-state index < -0.39 is 6.67 Å². The Balaban J connectivity index is 1.61. The third-order valence-electron chi connectivity index (χ3n) is 5.75. The molecule has 0 aliphatic carbocycles. The summed E-state index contributed by atoms with van der Waals surface area (Å²) in [5.41, 5.74) is 1.02. The molecule has 2 unspecified atom stereocenters. The summed E-state index contributed by atoms with van der Waals surface area (Å²) in [5.74, 6) is 0.587. The lowest BCUT2D eigenvalue weighted by Gasteiger charge is -2.36. The Kier molecular flexibility index (Phi) is 7.37. The summed E-state index contributed by atoms with van der Waals surface area (Å²) in [6.45, 7) is 2.33. The van der Waals surface area contributed by atoms with Crippen molar-refractivity contribution < 1.29 is 13.9 Å². The van der Waals surface area contributed by atoms with E-state index in [9.17, 15) is 14.0 Å². The first-order valence-electron chi connectivity index (χ1n) is 11.1. The van der Waals surface area contributed by atoms with Crippen molar-refractivity contribution in [2.24, 2.45) is 7.05 Å². The molecule has 12 heteroatoms. The summed E-state index contributed by atoms with van der Waals surface area (Å²) in [4.78, 5) is 35.0. The lowest BCUT2D eigenvalue weighted by Crippen LogP contribution is -2.56. The summed E-state index contributed by atoms with van der Waals surface area (Å²) in [6.07, 6.45) is 1.51. The number of carbonyl (C=O) groups is 1. The van der Waals surface area contributed by atoms with E-state index in [-0.39, 0.29) is 35.9 Å². The zero-order valence-corrected chi connectivity index (χ0v) is 20.4. The number of piperazine rings is 1. The maximum absolute atomic E-state index is 13.3. The molecule has 35 heavy (non-hydrogen) atoms. The number of nitrogens with zero attached hydrogens (tertiary/aromatic N) is 4. The van der Waals surface area contributed by atoms with Gasteiger partial charge in [-0.15, -0.1) is 0 Å². The number of likely N-dealkylation sites (N-methyl/N-ethyl adjacent to an activating group) is 1. The van der Waals surface area contributed by atoms with Gasteiger partial charge in [-0.3, -0.25) is 9.59 Å². The van der Waals surface area contributed by atoms with E-state index in [0.29, 0.717) is 41.1 Å². The number of anilines is 3. The predicted molar refractivity (Wildman–Crippen MR) is 134 cm³/mol. The van der Waals surface area contributed by atoms with Crippen LogP contribution >= 0.6 is 11.6 Å². The molecule has 1 aliphatic heterocycles. The highest BCUT2D eigenvalue weighted by atomic mass is 35.5. The van der Waals surface area contributed by atoms with Gasteiger partial charge in [0.05, 0.1) is 17.8 Å². The van der Waals surface area contributed by atoms with E-state index in [1.54, 1.807) is 25.2 Å². The SMILES string of the molecule is CNC(=O)COc1cc2cc(Nc3nc(N4CC(C)NC(CF)C4)ncc3Cl)ccc2n(C)c1=O. The van der Waals surface area contributed by atoms with Gasteiger partial charge >= 0.3 is 0 Å². The molecule has 3 heterocycles. The molecule has 2 atom stereocenters. The standard InChI is InChI=1S/C23H27ClFN7O3/c1-13-10-32(11-16(8-25)28-13)23-27-9-17(24)21(30-23)29-15-4-5-18-14(6-15)7-19(22(34)31(18)3)35-12-20(33)26-2/h4-7,9,13,16,28H,8,10-12H2,1-3H3,(H,26,33)(H,27,29,30). The Labute approximate surface area is 206 Å². The van der Waals surface area contributed by atoms with Gasteiger partial charge in [0.25, 0.3) is 11.5 Å². The van der Waals surface area contributed by atoms with Gasteiger partial charge in [0, 0.05) is 44.3 Å². The van der Waals surface area contributed by atoms with Crippen molar-refractivity contribution >= 4 is 45.9 Å². The van der Waals surface area contributed by atoms with Crippen LogP contribution in [-0.2, 0) is 11.8 Å². The van der Waals surface area contributed by atoms with Crippen molar-refractivity contribution in [3.05, 3.63) is 45.8 Å². The Bertz CT molecular complexity index is 1300. The number of halogens is 2. The number of rotatable bonds is 7. The first kappa shape index (κ1) is 24.7. The number of aromatic nitrogens is 3. The van der Waals surface area contributed by atoms with E-state index in [0.717, 1.165) is 5.39 Å². The second-order valence-corrected chi connectivity index (χ2v) is 8.83. The molecule has 3 N–H and O–H groups in total. The smallest absolute Gasteiger partial charge is 0.293 e. The summed E-state index contributed by atoms with van der Waals surface area (Å²) in [6, 6.07) is 6.82. The Morgan fingerprint density at radius 1 is 1.34 bits per heavy atom. The van der Waals surface area contributed by atoms with Crippen LogP contribution in [0.4, 0.5) is 21.8 Å². The minimum Gasteiger partial charge on any atom is -0.478 e. The number of nitrogens with one attached hydrogen (secondary N) is 3. The topological polar surface area (TPSA) is 113 Å². The van der Waals surface area contributed by atoms with Crippen LogP contribution in [0.2, 0.25) is 5.02 Å². The molecule has 3 aromatic rings. The van der Waals surface area contributed by atoms with Crippen molar-refractivity contribution in [1.82, 2.24) is 25.2 Å². The third kappa shape index (κ3) is 5.46. The Morgan fingerprint density at radius 2 is 2.14 bits per heavy atom. The van der Waals surface area contributed by atoms with Gasteiger partial charge < -0.3 is 30.2 Å². The fourth-order valence-electron chi connectivity index (χ4n) is 4.02. The number of ether oxygens (including phenoxy) is 1. The van der Waals surface area contributed by atoms with Crippen molar-refractivity contribution in [2.75, 3.05) is 43.6 Å². The van der Waals surface area contributed by atoms with Crippen LogP contribution in [0.1, 0.15) is 6.92 Å². The number of hydrogen-bond donors (Lipinski definition) is 3. The van der Waals surface area contributed by atoms with E-state index >= 15 is 0 Å². The molecule has 1 fully saturated rings. The molecular formula is C23H27ClFN7O3. The quantitative estimate of drug-likeness (QED) is 0.448. The fraction of sp³-hybridized carbons (Fsp3) is 0.391.